The molecule has 0 bridgehead atoms. The zero-order valence-electron chi connectivity index (χ0n) is 27.1. The van der Waals surface area contributed by atoms with E-state index in [0.717, 1.165) is 57.8 Å². The first-order valence-electron chi connectivity index (χ1n) is 16.3. The second kappa shape index (κ2) is 17.9. The van der Waals surface area contributed by atoms with Crippen molar-refractivity contribution in [1.82, 2.24) is 25.6 Å². The van der Waals surface area contributed by atoms with Crippen molar-refractivity contribution in [3.05, 3.63) is 101 Å². The average molecular weight is 674 g/mol. The van der Waals surface area contributed by atoms with Crippen LogP contribution in [0, 0.1) is 0 Å². The van der Waals surface area contributed by atoms with E-state index in [1.807, 2.05) is 60.1 Å². The Morgan fingerprint density at radius 2 is 1.62 bits per heavy atom. The largest absolute Gasteiger partial charge is 0.392 e. The second-order valence-corrected chi connectivity index (χ2v) is 12.9. The molecule has 11 nitrogen and oxygen atoms in total. The number of hydrogen-bond acceptors (Lipinski definition) is 9. The number of unbranched alkanes of at least 4 members (excludes halogenated alkanes) is 3. The van der Waals surface area contributed by atoms with Crippen molar-refractivity contribution in [2.75, 3.05) is 5.75 Å². The first-order chi connectivity index (χ1) is 23.4. The lowest BCUT2D eigenvalue weighted by Gasteiger charge is -2.36. The van der Waals surface area contributed by atoms with Crippen LogP contribution < -0.4 is 10.8 Å². The molecule has 4 aromatic rings. The van der Waals surface area contributed by atoms with Crippen LogP contribution in [-0.2, 0) is 39.3 Å². The third-order valence-corrected chi connectivity index (χ3v) is 9.44. The fraction of sp³-hybridized carbons (Fsp3) is 0.389. The van der Waals surface area contributed by atoms with Gasteiger partial charge in [0.15, 0.2) is 11.4 Å². The Labute approximate surface area is 285 Å². The summed E-state index contributed by atoms with van der Waals surface area (Å²) >= 11 is 1.60. The van der Waals surface area contributed by atoms with Gasteiger partial charge in [0.05, 0.1) is 18.8 Å². The molecule has 0 unspecified atom stereocenters. The molecular weight excluding hydrogens is 630 g/mol. The Bertz CT molecular complexity index is 1630. The maximum absolute atomic E-state index is 12.4. The normalized spacial score (nSPS) is 17.6. The number of benzene rings is 3. The Balaban J connectivity index is 1.22. The number of amides is 2. The van der Waals surface area contributed by atoms with E-state index < -0.39 is 6.29 Å². The summed E-state index contributed by atoms with van der Waals surface area (Å²) < 4.78 is 15.0. The minimum absolute atomic E-state index is 0.00505. The van der Waals surface area contributed by atoms with Gasteiger partial charge in [-0.3, -0.25) is 14.8 Å². The molecule has 48 heavy (non-hydrogen) atoms. The van der Waals surface area contributed by atoms with Crippen LogP contribution in [0.3, 0.4) is 0 Å². The molecule has 2 heterocycles. The minimum Gasteiger partial charge on any atom is -0.392 e. The molecule has 12 heteroatoms. The number of carbonyl (C=O) groups excluding carboxylic acids is 2. The van der Waals surface area contributed by atoms with E-state index in [1.165, 1.54) is 0 Å². The van der Waals surface area contributed by atoms with Gasteiger partial charge in [-0.2, -0.15) is 0 Å². The standard InChI is InChI=1S/C36H43N5O6S/c1-41-24-38-39-36(41)48-23-31-20-32(27-16-14-25(22-42)15-17-27)47-35(46-31)30-11-7-10-29(19-30)28-9-6-8-26(18-28)21-37-33(43)12-4-2-3-5-13-34(44)40-45/h6-11,14-19,24,31-32,35,42,45H,2-5,12-13,20-23H2,1H3,(H,37,43)(H,40,44)/t31-,32+,35+/m0/s1. The van der Waals surface area contributed by atoms with E-state index in [9.17, 15) is 14.7 Å². The number of rotatable bonds is 16. The predicted octanol–water partition coefficient (Wildman–Crippen LogP) is 5.77. The fourth-order valence-corrected chi connectivity index (χ4v) is 6.49. The molecule has 4 N–H and O–H groups in total. The number of aliphatic hydroxyl groups is 1. The number of aryl methyl sites for hydroxylation is 1. The Kier molecular flexibility index (Phi) is 13.1. The summed E-state index contributed by atoms with van der Waals surface area (Å²) in [5.74, 6) is 0.300. The highest BCUT2D eigenvalue weighted by Crippen LogP contribution is 2.40. The monoisotopic (exact) mass is 673 g/mol. The smallest absolute Gasteiger partial charge is 0.243 e. The molecule has 0 radical (unpaired) electrons. The number of nitrogens with zero attached hydrogens (tertiary/aromatic N) is 3. The van der Waals surface area contributed by atoms with Gasteiger partial charge in [0.1, 0.15) is 6.33 Å². The second-order valence-electron chi connectivity index (χ2n) is 11.9. The molecule has 1 aliphatic rings. The number of nitrogens with one attached hydrogen (secondary N) is 2. The van der Waals surface area contributed by atoms with Crippen molar-refractivity contribution >= 4 is 23.6 Å². The average Bonchev–Trinajstić information content (AvgIpc) is 3.55. The van der Waals surface area contributed by atoms with Gasteiger partial charge in [0.25, 0.3) is 0 Å². The first kappa shape index (κ1) is 35.2. The zero-order chi connectivity index (χ0) is 33.7. The Hall–Kier alpha value is -4.07. The van der Waals surface area contributed by atoms with Crippen LogP contribution in [0.1, 0.15) is 79.6 Å². The molecule has 1 saturated heterocycles. The third-order valence-electron chi connectivity index (χ3n) is 8.27. The molecule has 3 atom stereocenters. The Morgan fingerprint density at radius 1 is 0.896 bits per heavy atom. The molecule has 0 spiro atoms. The van der Waals surface area contributed by atoms with Crippen LogP contribution in [-0.4, -0.2) is 48.7 Å². The highest BCUT2D eigenvalue weighted by atomic mass is 32.2. The van der Waals surface area contributed by atoms with Gasteiger partial charge in [-0.25, -0.2) is 5.48 Å². The molecular formula is C36H43N5O6S. The quantitative estimate of drug-likeness (QED) is 0.0503. The van der Waals surface area contributed by atoms with Crippen molar-refractivity contribution < 1.29 is 29.4 Å². The summed E-state index contributed by atoms with van der Waals surface area (Å²) in [5, 5.41) is 30.1. The molecule has 0 saturated carbocycles. The lowest BCUT2D eigenvalue weighted by Crippen LogP contribution is -2.31. The van der Waals surface area contributed by atoms with Crippen LogP contribution in [0.25, 0.3) is 11.1 Å². The summed E-state index contributed by atoms with van der Waals surface area (Å²) in [4.78, 5) is 23.5. The number of ether oxygens (including phenoxy) is 2. The molecule has 254 valence electrons. The zero-order valence-corrected chi connectivity index (χ0v) is 27.9. The van der Waals surface area contributed by atoms with Crippen molar-refractivity contribution in [2.24, 2.45) is 7.05 Å². The Morgan fingerprint density at radius 3 is 2.33 bits per heavy atom. The summed E-state index contributed by atoms with van der Waals surface area (Å²) in [7, 11) is 1.92. The SMILES string of the molecule is Cn1cnnc1SC[C@@H]1C[C@H](c2ccc(CO)cc2)O[C@H](c2cccc(-c3cccc(CNC(=O)CCCCCCC(=O)NO)c3)c2)O1. The third kappa shape index (κ3) is 10.2. The van der Waals surface area contributed by atoms with Crippen molar-refractivity contribution in [3.63, 3.8) is 0 Å². The number of aliphatic hydroxyl groups excluding tert-OH is 1. The van der Waals surface area contributed by atoms with E-state index >= 15 is 0 Å². The molecule has 5 rings (SSSR count). The summed E-state index contributed by atoms with van der Waals surface area (Å²) in [6, 6.07) is 24.2. The topological polar surface area (TPSA) is 148 Å². The van der Waals surface area contributed by atoms with Crippen LogP contribution in [0.5, 0.6) is 0 Å². The predicted molar refractivity (Wildman–Crippen MR) is 182 cm³/mol. The highest BCUT2D eigenvalue weighted by Gasteiger charge is 2.32. The first-order valence-corrected chi connectivity index (χ1v) is 17.3. The lowest BCUT2D eigenvalue weighted by atomic mass is 9.99. The van der Waals surface area contributed by atoms with Crippen molar-refractivity contribution in [2.45, 2.75) is 81.8 Å². The lowest BCUT2D eigenvalue weighted by molar-refractivity contribution is -0.245. The number of thioether (sulfide) groups is 1. The van der Waals surface area contributed by atoms with E-state index in [4.69, 9.17) is 14.7 Å². The fourth-order valence-electron chi connectivity index (χ4n) is 5.59. The molecule has 2 amide bonds. The molecule has 1 aromatic heterocycles. The minimum atomic E-state index is -0.583. The van der Waals surface area contributed by atoms with E-state index in [1.54, 1.807) is 23.6 Å². The number of hydrogen-bond donors (Lipinski definition) is 4. The van der Waals surface area contributed by atoms with Gasteiger partial charge in [0.2, 0.25) is 11.8 Å². The van der Waals surface area contributed by atoms with Crippen molar-refractivity contribution in [1.29, 1.82) is 0 Å². The van der Waals surface area contributed by atoms with Gasteiger partial charge in [-0.1, -0.05) is 85.3 Å². The maximum atomic E-state index is 12.4. The van der Waals surface area contributed by atoms with Gasteiger partial charge in [0, 0.05) is 44.2 Å². The van der Waals surface area contributed by atoms with Crippen LogP contribution in [0.2, 0.25) is 0 Å². The van der Waals surface area contributed by atoms with Crippen LogP contribution in [0.15, 0.2) is 84.3 Å². The van der Waals surface area contributed by atoms with Gasteiger partial charge < -0.3 is 24.5 Å². The number of carbonyl (C=O) groups is 2. The van der Waals surface area contributed by atoms with Crippen LogP contribution in [0.4, 0.5) is 0 Å². The van der Waals surface area contributed by atoms with Crippen molar-refractivity contribution in [3.8, 4) is 11.1 Å². The molecule has 1 aliphatic heterocycles. The van der Waals surface area contributed by atoms with E-state index in [0.29, 0.717) is 31.6 Å². The molecule has 3 aromatic carbocycles. The number of hydroxylamine groups is 1. The summed E-state index contributed by atoms with van der Waals surface area (Å²) in [5.41, 5.74) is 7.47. The number of aromatic nitrogens is 3. The van der Waals surface area contributed by atoms with Gasteiger partial charge in [-0.05, 0) is 52.8 Å². The van der Waals surface area contributed by atoms with E-state index in [2.05, 4.69) is 39.8 Å². The highest BCUT2D eigenvalue weighted by molar-refractivity contribution is 7.99. The molecule has 1 fully saturated rings. The van der Waals surface area contributed by atoms with Gasteiger partial charge >= 0.3 is 0 Å². The molecule has 0 aliphatic carbocycles. The van der Waals surface area contributed by atoms with Gasteiger partial charge in [-0.15, -0.1) is 10.2 Å². The summed E-state index contributed by atoms with van der Waals surface area (Å²) in [6.45, 7) is 0.422. The maximum Gasteiger partial charge on any atom is 0.243 e. The summed E-state index contributed by atoms with van der Waals surface area (Å²) in [6.07, 6.45) is 5.32. The van der Waals surface area contributed by atoms with E-state index in [-0.39, 0.29) is 37.0 Å². The van der Waals surface area contributed by atoms with Crippen LogP contribution >= 0.6 is 11.8 Å².